The van der Waals surface area contributed by atoms with Gasteiger partial charge in [0.25, 0.3) is 5.69 Å². The highest BCUT2D eigenvalue weighted by atomic mass is 35.5. The van der Waals surface area contributed by atoms with E-state index in [2.05, 4.69) is 10.5 Å². The van der Waals surface area contributed by atoms with Crippen molar-refractivity contribution in [3.63, 3.8) is 0 Å². The number of thiophene rings is 1. The summed E-state index contributed by atoms with van der Waals surface area (Å²) < 4.78 is 5.93. The average Bonchev–Trinajstić information content (AvgIpc) is 3.14. The van der Waals surface area contributed by atoms with Crippen LogP contribution in [-0.4, -0.2) is 10.1 Å². The minimum Gasteiger partial charge on any atom is -0.374 e. The number of benzene rings is 1. The fourth-order valence-corrected chi connectivity index (χ4v) is 2.92. The van der Waals surface area contributed by atoms with Crippen LogP contribution in [0.2, 0.25) is 4.34 Å². The fraction of sp³-hybridized carbons (Fsp3) is 0.0714. The Hall–Kier alpha value is -2.38. The monoisotopic (exact) mass is 335 g/mol. The topological polar surface area (TPSA) is 81.2 Å². The normalized spacial score (nSPS) is 10.6. The molecule has 0 radical (unpaired) electrons. The molecule has 0 aliphatic rings. The Kier molecular flexibility index (Phi) is 4.08. The zero-order valence-corrected chi connectivity index (χ0v) is 12.7. The second-order valence-electron chi connectivity index (χ2n) is 4.41. The first kappa shape index (κ1) is 14.6. The molecule has 6 nitrogen and oxygen atoms in total. The van der Waals surface area contributed by atoms with E-state index in [1.54, 1.807) is 30.3 Å². The highest BCUT2D eigenvalue weighted by Crippen LogP contribution is 2.31. The number of rotatable bonds is 5. The van der Waals surface area contributed by atoms with Crippen molar-refractivity contribution >= 4 is 34.3 Å². The number of halogens is 1. The SMILES string of the molecule is O=[N+]([O-])c1ccccc1NCc1cc(-c2ccc(Cl)s2)on1. The summed E-state index contributed by atoms with van der Waals surface area (Å²) in [4.78, 5) is 11.4. The molecule has 112 valence electrons. The molecule has 0 saturated heterocycles. The number of para-hydroxylation sites is 2. The number of nitrogens with one attached hydrogen (secondary N) is 1. The second kappa shape index (κ2) is 6.17. The van der Waals surface area contributed by atoms with Gasteiger partial charge < -0.3 is 9.84 Å². The third kappa shape index (κ3) is 3.10. The predicted molar refractivity (Wildman–Crippen MR) is 85.2 cm³/mol. The minimum atomic E-state index is -0.426. The number of anilines is 1. The van der Waals surface area contributed by atoms with Crippen molar-refractivity contribution in [2.75, 3.05) is 5.32 Å². The lowest BCUT2D eigenvalue weighted by Gasteiger charge is -2.04. The average molecular weight is 336 g/mol. The van der Waals surface area contributed by atoms with Crippen LogP contribution < -0.4 is 5.32 Å². The number of nitro benzene ring substituents is 1. The van der Waals surface area contributed by atoms with Crippen LogP contribution in [0, 0.1) is 10.1 Å². The minimum absolute atomic E-state index is 0.0243. The van der Waals surface area contributed by atoms with Crippen LogP contribution in [0.1, 0.15) is 5.69 Å². The third-order valence-electron chi connectivity index (χ3n) is 2.94. The zero-order valence-electron chi connectivity index (χ0n) is 11.2. The quantitative estimate of drug-likeness (QED) is 0.545. The summed E-state index contributed by atoms with van der Waals surface area (Å²) in [6.07, 6.45) is 0. The van der Waals surface area contributed by atoms with Crippen molar-refractivity contribution in [2.45, 2.75) is 6.54 Å². The molecule has 2 heterocycles. The number of nitro groups is 1. The van der Waals surface area contributed by atoms with Crippen LogP contribution in [0.5, 0.6) is 0 Å². The van der Waals surface area contributed by atoms with E-state index in [0.717, 1.165) is 4.88 Å². The maximum Gasteiger partial charge on any atom is 0.292 e. The van der Waals surface area contributed by atoms with Crippen molar-refractivity contribution in [1.82, 2.24) is 5.16 Å². The molecule has 0 bridgehead atoms. The largest absolute Gasteiger partial charge is 0.374 e. The molecule has 0 aliphatic carbocycles. The van der Waals surface area contributed by atoms with Gasteiger partial charge in [-0.05, 0) is 18.2 Å². The van der Waals surface area contributed by atoms with E-state index in [4.69, 9.17) is 16.1 Å². The van der Waals surface area contributed by atoms with E-state index in [1.165, 1.54) is 17.4 Å². The van der Waals surface area contributed by atoms with E-state index < -0.39 is 4.92 Å². The van der Waals surface area contributed by atoms with E-state index in [0.29, 0.717) is 28.0 Å². The highest BCUT2D eigenvalue weighted by Gasteiger charge is 2.13. The van der Waals surface area contributed by atoms with Gasteiger partial charge in [0, 0.05) is 12.1 Å². The predicted octanol–water partition coefficient (Wildman–Crippen LogP) is 4.58. The van der Waals surface area contributed by atoms with Crippen molar-refractivity contribution in [1.29, 1.82) is 0 Å². The lowest BCUT2D eigenvalue weighted by molar-refractivity contribution is -0.384. The molecule has 0 saturated carbocycles. The van der Waals surface area contributed by atoms with Gasteiger partial charge >= 0.3 is 0 Å². The van der Waals surface area contributed by atoms with Crippen LogP contribution in [0.25, 0.3) is 10.6 Å². The van der Waals surface area contributed by atoms with Gasteiger partial charge in [-0.3, -0.25) is 10.1 Å². The maximum atomic E-state index is 10.9. The Morgan fingerprint density at radius 1 is 1.32 bits per heavy atom. The molecule has 0 aliphatic heterocycles. The summed E-state index contributed by atoms with van der Waals surface area (Å²) in [5.41, 5.74) is 1.12. The van der Waals surface area contributed by atoms with Gasteiger partial charge in [-0.15, -0.1) is 11.3 Å². The fourth-order valence-electron chi connectivity index (χ4n) is 1.93. The molecule has 0 atom stereocenters. The molecular weight excluding hydrogens is 326 g/mol. The lowest BCUT2D eigenvalue weighted by atomic mass is 10.2. The number of nitrogens with zero attached hydrogens (tertiary/aromatic N) is 2. The number of hydrogen-bond donors (Lipinski definition) is 1. The van der Waals surface area contributed by atoms with E-state index in [1.807, 2.05) is 6.07 Å². The molecule has 0 spiro atoms. The summed E-state index contributed by atoms with van der Waals surface area (Å²) >= 11 is 7.28. The molecular formula is C14H10ClN3O3S. The Balaban J connectivity index is 1.73. The molecule has 22 heavy (non-hydrogen) atoms. The summed E-state index contributed by atoms with van der Waals surface area (Å²) in [7, 11) is 0. The standard InChI is InChI=1S/C14H10ClN3O3S/c15-14-6-5-13(22-14)12-7-9(17-21-12)8-16-10-3-1-2-4-11(10)18(19)20/h1-7,16H,8H2. The van der Waals surface area contributed by atoms with Gasteiger partial charge in [0.15, 0.2) is 5.76 Å². The zero-order chi connectivity index (χ0) is 15.5. The van der Waals surface area contributed by atoms with Gasteiger partial charge in [-0.2, -0.15) is 0 Å². The summed E-state index contributed by atoms with van der Waals surface area (Å²) in [6, 6.07) is 11.9. The maximum absolute atomic E-state index is 10.9. The van der Waals surface area contributed by atoms with Crippen molar-refractivity contribution in [2.24, 2.45) is 0 Å². The summed E-state index contributed by atoms with van der Waals surface area (Å²) in [5.74, 6) is 0.622. The summed E-state index contributed by atoms with van der Waals surface area (Å²) in [5, 5.41) is 17.9. The molecule has 3 aromatic rings. The Morgan fingerprint density at radius 3 is 2.86 bits per heavy atom. The summed E-state index contributed by atoms with van der Waals surface area (Å²) in [6.45, 7) is 0.327. The van der Waals surface area contributed by atoms with Crippen LogP contribution in [0.15, 0.2) is 47.0 Å². The van der Waals surface area contributed by atoms with Gasteiger partial charge in [-0.25, -0.2) is 0 Å². The van der Waals surface area contributed by atoms with Gasteiger partial charge in [-0.1, -0.05) is 28.9 Å². The van der Waals surface area contributed by atoms with Crippen molar-refractivity contribution in [3.05, 3.63) is 62.6 Å². The molecule has 0 unspecified atom stereocenters. The molecule has 8 heteroatoms. The van der Waals surface area contributed by atoms with E-state index >= 15 is 0 Å². The van der Waals surface area contributed by atoms with Crippen molar-refractivity contribution in [3.8, 4) is 10.6 Å². The number of hydrogen-bond acceptors (Lipinski definition) is 6. The van der Waals surface area contributed by atoms with Gasteiger partial charge in [0.05, 0.1) is 20.7 Å². The highest BCUT2D eigenvalue weighted by molar-refractivity contribution is 7.19. The Bertz CT molecular complexity index is 815. The van der Waals surface area contributed by atoms with E-state index in [9.17, 15) is 10.1 Å². The molecule has 1 aromatic carbocycles. The number of aromatic nitrogens is 1. The van der Waals surface area contributed by atoms with Gasteiger partial charge in [0.2, 0.25) is 0 Å². The Morgan fingerprint density at radius 2 is 2.14 bits per heavy atom. The first-order valence-corrected chi connectivity index (χ1v) is 7.51. The molecule has 3 rings (SSSR count). The smallest absolute Gasteiger partial charge is 0.292 e. The second-order valence-corrected chi connectivity index (χ2v) is 6.13. The molecule has 2 aromatic heterocycles. The van der Waals surface area contributed by atoms with Crippen LogP contribution >= 0.6 is 22.9 Å². The third-order valence-corrected chi connectivity index (χ3v) is 4.18. The first-order valence-electron chi connectivity index (χ1n) is 6.32. The van der Waals surface area contributed by atoms with E-state index in [-0.39, 0.29) is 5.69 Å². The van der Waals surface area contributed by atoms with Gasteiger partial charge in [0.1, 0.15) is 11.4 Å². The van der Waals surface area contributed by atoms with Crippen LogP contribution in [0.3, 0.4) is 0 Å². The van der Waals surface area contributed by atoms with Crippen LogP contribution in [0.4, 0.5) is 11.4 Å². The molecule has 0 fully saturated rings. The molecule has 1 N–H and O–H groups in total. The lowest BCUT2D eigenvalue weighted by Crippen LogP contribution is -2.02. The first-order chi connectivity index (χ1) is 10.6. The van der Waals surface area contributed by atoms with Crippen molar-refractivity contribution < 1.29 is 9.45 Å². The van der Waals surface area contributed by atoms with Crippen LogP contribution in [-0.2, 0) is 6.54 Å². The molecule has 0 amide bonds. The Labute approximate surface area is 134 Å².